The molecule has 40 heavy (non-hydrogen) atoms. The van der Waals surface area contributed by atoms with E-state index in [1.54, 1.807) is 12.1 Å². The summed E-state index contributed by atoms with van der Waals surface area (Å²) >= 11 is 0. The number of ether oxygens (including phenoxy) is 2. The van der Waals surface area contributed by atoms with E-state index < -0.39 is 52.5 Å². The number of hydrogen-bond acceptors (Lipinski definition) is 3. The van der Waals surface area contributed by atoms with Crippen LogP contribution >= 0.6 is 0 Å². The number of rotatable bonds is 14. The van der Waals surface area contributed by atoms with Gasteiger partial charge in [0.1, 0.15) is 28.6 Å². The molecule has 0 unspecified atom stereocenters. The van der Waals surface area contributed by atoms with Crippen LogP contribution in [0.1, 0.15) is 69.4 Å². The van der Waals surface area contributed by atoms with Gasteiger partial charge in [0.15, 0.2) is 5.82 Å². The van der Waals surface area contributed by atoms with Gasteiger partial charge >= 0.3 is 12.5 Å². The standard InChI is InChI=1S/C30H31F7O3/c1-2-3-4-5-6-7-8-9-10-20-11-13-21(14-12-20)26-25(38)19-24(31)27(28(26)32)29(33,34)39-22-15-17-23(18-16-22)40-30(35,36)37/h11-19,38H,2-10H2,1H3. The molecule has 0 saturated carbocycles. The van der Waals surface area contributed by atoms with Crippen LogP contribution in [0.2, 0.25) is 0 Å². The third kappa shape index (κ3) is 8.79. The van der Waals surface area contributed by atoms with Gasteiger partial charge in [0.2, 0.25) is 0 Å². The highest BCUT2D eigenvalue weighted by atomic mass is 19.4. The quantitative estimate of drug-likeness (QED) is 0.154. The molecular weight excluding hydrogens is 541 g/mol. The van der Waals surface area contributed by atoms with Crippen LogP contribution < -0.4 is 9.47 Å². The second-order valence-corrected chi connectivity index (χ2v) is 9.50. The van der Waals surface area contributed by atoms with E-state index in [0.717, 1.165) is 43.4 Å². The molecule has 3 nitrogen and oxygen atoms in total. The topological polar surface area (TPSA) is 38.7 Å². The highest BCUT2D eigenvalue weighted by Gasteiger charge is 2.43. The molecule has 0 atom stereocenters. The lowest BCUT2D eigenvalue weighted by atomic mass is 9.97. The molecule has 3 aromatic rings. The predicted molar refractivity (Wildman–Crippen MR) is 137 cm³/mol. The third-order valence-electron chi connectivity index (χ3n) is 6.35. The number of phenols is 1. The molecule has 1 N–H and O–H groups in total. The molecule has 0 amide bonds. The summed E-state index contributed by atoms with van der Waals surface area (Å²) in [6.45, 7) is 2.17. The van der Waals surface area contributed by atoms with Crippen molar-refractivity contribution in [2.24, 2.45) is 0 Å². The van der Waals surface area contributed by atoms with Gasteiger partial charge in [-0.25, -0.2) is 8.78 Å². The second-order valence-electron chi connectivity index (χ2n) is 9.50. The van der Waals surface area contributed by atoms with Gasteiger partial charge < -0.3 is 14.6 Å². The Bertz CT molecular complexity index is 1220. The molecular formula is C30H31F7O3. The number of aromatic hydroxyl groups is 1. The fourth-order valence-electron chi connectivity index (χ4n) is 4.36. The lowest BCUT2D eigenvalue weighted by Gasteiger charge is -2.21. The van der Waals surface area contributed by atoms with Crippen molar-refractivity contribution in [1.82, 2.24) is 0 Å². The average molecular weight is 573 g/mol. The van der Waals surface area contributed by atoms with Crippen LogP contribution in [0, 0.1) is 11.6 Å². The first kappa shape index (κ1) is 31.1. The van der Waals surface area contributed by atoms with Crippen molar-refractivity contribution in [3.63, 3.8) is 0 Å². The Labute approximate surface area is 228 Å². The normalized spacial score (nSPS) is 12.0. The summed E-state index contributed by atoms with van der Waals surface area (Å²) in [7, 11) is 0. The van der Waals surface area contributed by atoms with E-state index in [4.69, 9.17) is 0 Å². The van der Waals surface area contributed by atoms with E-state index in [0.29, 0.717) is 18.2 Å². The molecule has 218 valence electrons. The second kappa shape index (κ2) is 13.8. The lowest BCUT2D eigenvalue weighted by molar-refractivity contribution is -0.274. The van der Waals surface area contributed by atoms with E-state index in [2.05, 4.69) is 16.4 Å². The molecule has 0 heterocycles. The zero-order valence-corrected chi connectivity index (χ0v) is 22.0. The molecule has 0 radical (unpaired) electrons. The van der Waals surface area contributed by atoms with Gasteiger partial charge in [0.25, 0.3) is 0 Å². The number of aryl methyl sites for hydroxylation is 1. The van der Waals surface area contributed by atoms with Crippen LogP contribution in [0.4, 0.5) is 30.7 Å². The van der Waals surface area contributed by atoms with Gasteiger partial charge in [-0.1, -0.05) is 76.1 Å². The molecule has 0 aliphatic carbocycles. The maximum Gasteiger partial charge on any atom is 0.573 e. The number of unbranched alkanes of at least 4 members (excludes halogenated alkanes) is 7. The van der Waals surface area contributed by atoms with E-state index in [1.807, 2.05) is 0 Å². The SMILES string of the molecule is CCCCCCCCCCc1ccc(-c2c(O)cc(F)c(C(F)(F)Oc3ccc(OC(F)(F)F)cc3)c2F)cc1. The molecule has 3 aromatic carbocycles. The minimum atomic E-state index is -4.99. The number of hydrogen-bond donors (Lipinski definition) is 1. The van der Waals surface area contributed by atoms with Crippen molar-refractivity contribution < 1.29 is 45.3 Å². The van der Waals surface area contributed by atoms with Crippen LogP contribution in [-0.4, -0.2) is 11.5 Å². The fraction of sp³-hybridized carbons (Fsp3) is 0.400. The van der Waals surface area contributed by atoms with Gasteiger partial charge in [0, 0.05) is 6.07 Å². The summed E-state index contributed by atoms with van der Waals surface area (Å²) in [6.07, 6.45) is 0.497. The van der Waals surface area contributed by atoms with Crippen molar-refractivity contribution in [3.05, 3.63) is 77.4 Å². The summed E-state index contributed by atoms with van der Waals surface area (Å²) in [5, 5.41) is 10.2. The summed E-state index contributed by atoms with van der Waals surface area (Å²) in [4.78, 5) is 0. The smallest absolute Gasteiger partial charge is 0.507 e. The summed E-state index contributed by atoms with van der Waals surface area (Å²) in [6, 6.07) is 9.55. The summed E-state index contributed by atoms with van der Waals surface area (Å²) < 4.78 is 105. The van der Waals surface area contributed by atoms with Crippen molar-refractivity contribution in [3.8, 4) is 28.4 Å². The molecule has 3 rings (SSSR count). The van der Waals surface area contributed by atoms with Crippen LogP contribution in [0.25, 0.3) is 11.1 Å². The molecule has 0 fully saturated rings. The Morgan fingerprint density at radius 1 is 0.700 bits per heavy atom. The first-order chi connectivity index (χ1) is 18.9. The van der Waals surface area contributed by atoms with Crippen molar-refractivity contribution in [1.29, 1.82) is 0 Å². The van der Waals surface area contributed by atoms with Gasteiger partial charge in [-0.2, -0.15) is 8.78 Å². The number of phenolic OH excluding ortho intramolecular Hbond substituents is 1. The van der Waals surface area contributed by atoms with Crippen LogP contribution in [0.15, 0.2) is 54.6 Å². The largest absolute Gasteiger partial charge is 0.573 e. The first-order valence-corrected chi connectivity index (χ1v) is 13.1. The highest BCUT2D eigenvalue weighted by molar-refractivity contribution is 5.72. The molecule has 0 aromatic heterocycles. The van der Waals surface area contributed by atoms with E-state index in [-0.39, 0.29) is 5.56 Å². The van der Waals surface area contributed by atoms with Crippen molar-refractivity contribution >= 4 is 0 Å². The maximum absolute atomic E-state index is 15.3. The van der Waals surface area contributed by atoms with E-state index in [1.165, 1.54) is 44.2 Å². The Hall–Kier alpha value is -3.43. The van der Waals surface area contributed by atoms with Crippen LogP contribution in [0.3, 0.4) is 0 Å². The lowest BCUT2D eigenvalue weighted by Crippen LogP contribution is -2.25. The number of alkyl halides is 5. The van der Waals surface area contributed by atoms with Crippen molar-refractivity contribution in [2.45, 2.75) is 77.2 Å². The van der Waals surface area contributed by atoms with E-state index in [9.17, 15) is 31.4 Å². The van der Waals surface area contributed by atoms with Crippen LogP contribution in [-0.2, 0) is 12.5 Å². The molecule has 0 spiro atoms. The molecule has 0 bridgehead atoms. The van der Waals surface area contributed by atoms with Crippen molar-refractivity contribution in [2.75, 3.05) is 0 Å². The highest BCUT2D eigenvalue weighted by Crippen LogP contribution is 2.42. The fourth-order valence-corrected chi connectivity index (χ4v) is 4.36. The molecule has 0 saturated heterocycles. The average Bonchev–Trinajstić information content (AvgIpc) is 2.86. The van der Waals surface area contributed by atoms with Gasteiger partial charge in [0.05, 0.1) is 5.56 Å². The number of halogens is 7. The van der Waals surface area contributed by atoms with Gasteiger partial charge in [-0.15, -0.1) is 13.2 Å². The first-order valence-electron chi connectivity index (χ1n) is 13.1. The Morgan fingerprint density at radius 2 is 1.23 bits per heavy atom. The Kier molecular flexibility index (Phi) is 10.7. The molecule has 10 heteroatoms. The number of benzene rings is 3. The molecule has 0 aliphatic rings. The van der Waals surface area contributed by atoms with E-state index >= 15 is 4.39 Å². The third-order valence-corrected chi connectivity index (χ3v) is 6.35. The van der Waals surface area contributed by atoms with Gasteiger partial charge in [-0.3, -0.25) is 0 Å². The zero-order chi connectivity index (χ0) is 29.3. The summed E-state index contributed by atoms with van der Waals surface area (Å²) in [5.74, 6) is -5.72. The Morgan fingerprint density at radius 3 is 1.77 bits per heavy atom. The minimum Gasteiger partial charge on any atom is -0.507 e. The Balaban J connectivity index is 1.71. The monoisotopic (exact) mass is 572 g/mol. The maximum atomic E-state index is 15.3. The summed E-state index contributed by atoms with van der Waals surface area (Å²) in [5.41, 5.74) is -1.38. The predicted octanol–water partition coefficient (Wildman–Crippen LogP) is 10.0. The van der Waals surface area contributed by atoms with Gasteiger partial charge in [-0.05, 0) is 48.2 Å². The van der Waals surface area contributed by atoms with Crippen LogP contribution in [0.5, 0.6) is 17.2 Å². The minimum absolute atomic E-state index is 0.0559. The zero-order valence-electron chi connectivity index (χ0n) is 22.0. The molecule has 0 aliphatic heterocycles.